The summed E-state index contributed by atoms with van der Waals surface area (Å²) in [5.74, 6) is 4.73. The number of rotatable bonds is 4. The van der Waals surface area contributed by atoms with Crippen LogP contribution >= 0.6 is 11.6 Å². The third kappa shape index (κ3) is 4.79. The molecule has 0 bridgehead atoms. The first-order valence-electron chi connectivity index (χ1n) is 5.13. The van der Waals surface area contributed by atoms with E-state index in [9.17, 15) is 4.79 Å². The Kier molecular flexibility index (Phi) is 5.59. The molecule has 0 aromatic heterocycles. The molecule has 1 rings (SSSR count). The fourth-order valence-electron chi connectivity index (χ4n) is 1.29. The number of hydrogen-bond donors (Lipinski definition) is 1. The van der Waals surface area contributed by atoms with E-state index in [4.69, 9.17) is 22.2 Å². The van der Waals surface area contributed by atoms with Crippen LogP contribution in [-0.2, 0) is 11.2 Å². The third-order valence-electron chi connectivity index (χ3n) is 2.04. The quantitative estimate of drug-likeness (QED) is 0.298. The van der Waals surface area contributed by atoms with E-state index in [1.54, 1.807) is 18.2 Å². The van der Waals surface area contributed by atoms with Gasteiger partial charge in [-0.1, -0.05) is 34.6 Å². The highest BCUT2D eigenvalue weighted by molar-refractivity contribution is 6.30. The van der Waals surface area contributed by atoms with Gasteiger partial charge >= 0.3 is 5.97 Å². The predicted molar refractivity (Wildman–Crippen MR) is 68.3 cm³/mol. The van der Waals surface area contributed by atoms with Gasteiger partial charge in [0.2, 0.25) is 0 Å². The largest absolute Gasteiger partial charge is 0.481 e. The van der Waals surface area contributed by atoms with E-state index >= 15 is 0 Å². The van der Waals surface area contributed by atoms with Crippen LogP contribution in [0.25, 0.3) is 10.4 Å². The zero-order valence-corrected chi connectivity index (χ0v) is 10.2. The van der Waals surface area contributed by atoms with Crippen LogP contribution in [0.5, 0.6) is 0 Å². The second-order valence-corrected chi connectivity index (χ2v) is 3.81. The number of aliphatic carboxylic acids is 1. The number of benzene rings is 1. The molecule has 0 aliphatic carbocycles. The Morgan fingerprint density at radius 1 is 1.56 bits per heavy atom. The zero-order valence-electron chi connectivity index (χ0n) is 9.43. The normalized spacial score (nSPS) is 8.94. The lowest BCUT2D eigenvalue weighted by Gasteiger charge is -2.01. The van der Waals surface area contributed by atoms with Crippen LogP contribution in [0.15, 0.2) is 23.3 Å². The maximum Gasteiger partial charge on any atom is 0.307 e. The van der Waals surface area contributed by atoms with Crippen LogP contribution in [0.2, 0.25) is 5.02 Å². The van der Waals surface area contributed by atoms with Gasteiger partial charge in [0.1, 0.15) is 0 Å². The first kappa shape index (κ1) is 13.9. The molecule has 0 fully saturated rings. The van der Waals surface area contributed by atoms with Crippen molar-refractivity contribution in [1.82, 2.24) is 0 Å². The molecular formula is C12H10ClN3O2. The number of halogens is 1. The summed E-state index contributed by atoms with van der Waals surface area (Å²) >= 11 is 5.83. The SMILES string of the molecule is [N-]=[N+]=NCCC#Cc1cc(Cl)ccc1CC(=O)O. The molecule has 0 amide bonds. The van der Waals surface area contributed by atoms with Gasteiger partial charge in [-0.25, -0.2) is 0 Å². The Hall–Kier alpha value is -2.15. The van der Waals surface area contributed by atoms with Gasteiger partial charge < -0.3 is 5.11 Å². The second-order valence-electron chi connectivity index (χ2n) is 3.38. The van der Waals surface area contributed by atoms with Crippen molar-refractivity contribution < 1.29 is 9.90 Å². The van der Waals surface area contributed by atoms with Crippen molar-refractivity contribution in [2.24, 2.45) is 5.11 Å². The van der Waals surface area contributed by atoms with E-state index < -0.39 is 5.97 Å². The van der Waals surface area contributed by atoms with Crippen LogP contribution in [0.1, 0.15) is 17.5 Å². The van der Waals surface area contributed by atoms with Gasteiger partial charge in [0.25, 0.3) is 0 Å². The molecule has 5 nitrogen and oxygen atoms in total. The number of azide groups is 1. The van der Waals surface area contributed by atoms with Gasteiger partial charge in [-0.05, 0) is 23.2 Å². The van der Waals surface area contributed by atoms with Crippen molar-refractivity contribution in [3.63, 3.8) is 0 Å². The van der Waals surface area contributed by atoms with Crippen molar-refractivity contribution in [3.05, 3.63) is 44.8 Å². The highest BCUT2D eigenvalue weighted by atomic mass is 35.5. The minimum absolute atomic E-state index is 0.0997. The lowest BCUT2D eigenvalue weighted by atomic mass is 10.0. The molecule has 1 aromatic carbocycles. The van der Waals surface area contributed by atoms with E-state index in [0.717, 1.165) is 0 Å². The summed E-state index contributed by atoms with van der Waals surface area (Å²) in [6.07, 6.45) is 0.320. The fraction of sp³-hybridized carbons (Fsp3) is 0.250. The van der Waals surface area contributed by atoms with Gasteiger partial charge in [-0.2, -0.15) is 0 Å². The summed E-state index contributed by atoms with van der Waals surface area (Å²) in [4.78, 5) is 13.3. The van der Waals surface area contributed by atoms with Crippen LogP contribution < -0.4 is 0 Å². The predicted octanol–water partition coefficient (Wildman–Crippen LogP) is 3.02. The highest BCUT2D eigenvalue weighted by Gasteiger charge is 2.05. The van der Waals surface area contributed by atoms with Crippen LogP contribution in [0, 0.1) is 11.8 Å². The molecular weight excluding hydrogens is 254 g/mol. The molecule has 92 valence electrons. The van der Waals surface area contributed by atoms with Gasteiger partial charge in [-0.15, -0.1) is 0 Å². The monoisotopic (exact) mass is 263 g/mol. The van der Waals surface area contributed by atoms with Gasteiger partial charge in [0.15, 0.2) is 0 Å². The first-order chi connectivity index (χ1) is 8.63. The fourth-order valence-corrected chi connectivity index (χ4v) is 1.46. The average Bonchev–Trinajstić information content (AvgIpc) is 2.31. The van der Waals surface area contributed by atoms with Gasteiger partial charge in [0, 0.05) is 28.5 Å². The van der Waals surface area contributed by atoms with Crippen LogP contribution in [0.4, 0.5) is 0 Å². The number of hydrogen-bond acceptors (Lipinski definition) is 2. The summed E-state index contributed by atoms with van der Waals surface area (Å²) in [6, 6.07) is 4.90. The maximum absolute atomic E-state index is 10.7. The van der Waals surface area contributed by atoms with E-state index in [1.165, 1.54) is 0 Å². The standard InChI is InChI=1S/C12H10ClN3O2/c13-11-5-4-10(8-12(17)18)9(7-11)3-1-2-6-15-16-14/h4-5,7H,2,6,8H2,(H,17,18). The lowest BCUT2D eigenvalue weighted by molar-refractivity contribution is -0.136. The molecule has 0 unspecified atom stereocenters. The molecule has 0 saturated heterocycles. The van der Waals surface area contributed by atoms with Crippen molar-refractivity contribution in [2.75, 3.05) is 6.54 Å². The summed E-state index contributed by atoms with van der Waals surface area (Å²) < 4.78 is 0. The second kappa shape index (κ2) is 7.23. The Morgan fingerprint density at radius 2 is 2.33 bits per heavy atom. The van der Waals surface area contributed by atoms with Crippen molar-refractivity contribution >= 4 is 17.6 Å². The smallest absolute Gasteiger partial charge is 0.307 e. The zero-order chi connectivity index (χ0) is 13.4. The van der Waals surface area contributed by atoms with E-state index in [1.807, 2.05) is 0 Å². The van der Waals surface area contributed by atoms with Gasteiger partial charge in [0.05, 0.1) is 6.42 Å². The molecule has 1 N–H and O–H groups in total. The third-order valence-corrected chi connectivity index (χ3v) is 2.27. The Balaban J connectivity index is 2.87. The van der Waals surface area contributed by atoms with E-state index in [2.05, 4.69) is 21.9 Å². The molecule has 1 aromatic rings. The number of carboxylic acid groups (broad SMARTS) is 1. The average molecular weight is 264 g/mol. The molecule has 0 aliphatic heterocycles. The molecule has 0 spiro atoms. The topological polar surface area (TPSA) is 86.1 Å². The first-order valence-corrected chi connectivity index (χ1v) is 5.51. The Morgan fingerprint density at radius 3 is 3.00 bits per heavy atom. The van der Waals surface area contributed by atoms with E-state index in [0.29, 0.717) is 29.1 Å². The summed E-state index contributed by atoms with van der Waals surface area (Å²) in [7, 11) is 0. The minimum atomic E-state index is -0.922. The number of nitrogens with zero attached hydrogens (tertiary/aromatic N) is 3. The van der Waals surface area contributed by atoms with Crippen LogP contribution in [0.3, 0.4) is 0 Å². The Bertz CT molecular complexity index is 554. The van der Waals surface area contributed by atoms with Crippen molar-refractivity contribution in [2.45, 2.75) is 12.8 Å². The molecule has 0 atom stereocenters. The number of carbonyl (C=O) groups is 1. The van der Waals surface area contributed by atoms with Gasteiger partial charge in [-0.3, -0.25) is 4.79 Å². The molecule has 0 saturated carbocycles. The summed E-state index contributed by atoms with van der Waals surface area (Å²) in [6.45, 7) is 0.290. The molecule has 6 heteroatoms. The van der Waals surface area contributed by atoms with Crippen molar-refractivity contribution in [3.8, 4) is 11.8 Å². The molecule has 0 radical (unpaired) electrons. The molecule has 18 heavy (non-hydrogen) atoms. The minimum Gasteiger partial charge on any atom is -0.481 e. The van der Waals surface area contributed by atoms with E-state index in [-0.39, 0.29) is 6.42 Å². The highest BCUT2D eigenvalue weighted by Crippen LogP contribution is 2.16. The number of carboxylic acids is 1. The Labute approximate surface area is 109 Å². The van der Waals surface area contributed by atoms with Crippen molar-refractivity contribution in [1.29, 1.82) is 0 Å². The maximum atomic E-state index is 10.7. The molecule has 0 heterocycles. The lowest BCUT2D eigenvalue weighted by Crippen LogP contribution is -2.02. The summed E-state index contributed by atoms with van der Waals surface area (Å²) in [5, 5.41) is 12.6. The van der Waals surface area contributed by atoms with Crippen LogP contribution in [-0.4, -0.2) is 17.6 Å². The summed E-state index contributed by atoms with van der Waals surface area (Å²) in [5.41, 5.74) is 9.29. The molecule has 0 aliphatic rings.